The van der Waals surface area contributed by atoms with Crippen LogP contribution in [0.4, 0.5) is 10.1 Å². The average molecular weight is 274 g/mol. The van der Waals surface area contributed by atoms with Crippen LogP contribution in [0, 0.1) is 0 Å². The van der Waals surface area contributed by atoms with E-state index in [1.54, 1.807) is 24.3 Å². The Bertz CT molecular complexity index is 544. The van der Waals surface area contributed by atoms with Crippen LogP contribution in [-0.4, -0.2) is 12.6 Å². The summed E-state index contributed by atoms with van der Waals surface area (Å²) in [5, 5.41) is 0. The first-order chi connectivity index (χ1) is 9.78. The van der Waals surface area contributed by atoms with Gasteiger partial charge in [-0.05, 0) is 29.8 Å². The van der Waals surface area contributed by atoms with Crippen molar-refractivity contribution in [3.05, 3.63) is 60.2 Å². The van der Waals surface area contributed by atoms with Crippen LogP contribution >= 0.6 is 0 Å². The standard InChI is InChI=1S/C15H15FN2O2/c16-10-15(19)18-17-13-6-8-14(9-7-13)20-11-12-4-2-1-3-5-12/h1-9,17H,10-11H2,(H,18,19). The van der Waals surface area contributed by atoms with Crippen LogP contribution in [0.1, 0.15) is 5.56 Å². The number of nitrogens with one attached hydrogen (secondary N) is 2. The number of hydrogen-bond donors (Lipinski definition) is 2. The van der Waals surface area contributed by atoms with Gasteiger partial charge < -0.3 is 4.74 Å². The van der Waals surface area contributed by atoms with Gasteiger partial charge in [-0.15, -0.1) is 0 Å². The Morgan fingerprint density at radius 3 is 2.40 bits per heavy atom. The quantitative estimate of drug-likeness (QED) is 0.796. The molecular formula is C15H15FN2O2. The van der Waals surface area contributed by atoms with Gasteiger partial charge in [-0.25, -0.2) is 4.39 Å². The lowest BCUT2D eigenvalue weighted by Crippen LogP contribution is -2.30. The lowest BCUT2D eigenvalue weighted by molar-refractivity contribution is -0.121. The van der Waals surface area contributed by atoms with E-state index in [1.165, 1.54) is 0 Å². The molecule has 0 aliphatic carbocycles. The summed E-state index contributed by atoms with van der Waals surface area (Å²) in [6, 6.07) is 16.9. The maximum atomic E-state index is 11.9. The van der Waals surface area contributed by atoms with E-state index in [1.807, 2.05) is 30.3 Å². The lowest BCUT2D eigenvalue weighted by Gasteiger charge is -2.09. The second-order valence-corrected chi connectivity index (χ2v) is 4.11. The first-order valence-corrected chi connectivity index (χ1v) is 6.15. The van der Waals surface area contributed by atoms with Crippen LogP contribution in [0.3, 0.4) is 0 Å². The van der Waals surface area contributed by atoms with Crippen molar-refractivity contribution < 1.29 is 13.9 Å². The van der Waals surface area contributed by atoms with Crippen LogP contribution in [0.25, 0.3) is 0 Å². The summed E-state index contributed by atoms with van der Waals surface area (Å²) in [5.74, 6) is 0.00521. The number of carbonyl (C=O) groups excluding carboxylic acids is 1. The Hall–Kier alpha value is -2.56. The van der Waals surface area contributed by atoms with Gasteiger partial charge >= 0.3 is 0 Å². The molecule has 0 unspecified atom stereocenters. The number of carbonyl (C=O) groups is 1. The maximum Gasteiger partial charge on any atom is 0.269 e. The number of hydrogen-bond acceptors (Lipinski definition) is 3. The smallest absolute Gasteiger partial charge is 0.269 e. The van der Waals surface area contributed by atoms with E-state index in [-0.39, 0.29) is 0 Å². The van der Waals surface area contributed by atoms with Gasteiger partial charge in [0.05, 0.1) is 5.69 Å². The Labute approximate surface area is 116 Å². The highest BCUT2D eigenvalue weighted by atomic mass is 19.1. The molecule has 20 heavy (non-hydrogen) atoms. The lowest BCUT2D eigenvalue weighted by atomic mass is 10.2. The van der Waals surface area contributed by atoms with Crippen LogP contribution in [0.5, 0.6) is 5.75 Å². The van der Waals surface area contributed by atoms with Crippen molar-refractivity contribution in [2.24, 2.45) is 0 Å². The molecule has 0 heterocycles. The second kappa shape index (κ2) is 7.13. The van der Waals surface area contributed by atoms with Crippen LogP contribution in [-0.2, 0) is 11.4 Å². The van der Waals surface area contributed by atoms with Crippen molar-refractivity contribution >= 4 is 11.6 Å². The van der Waals surface area contributed by atoms with Gasteiger partial charge in [-0.3, -0.25) is 15.6 Å². The predicted molar refractivity (Wildman–Crippen MR) is 75.0 cm³/mol. The zero-order valence-electron chi connectivity index (χ0n) is 10.8. The predicted octanol–water partition coefficient (Wildman–Crippen LogP) is 2.68. The third kappa shape index (κ3) is 4.28. The van der Waals surface area contributed by atoms with E-state index in [2.05, 4.69) is 10.9 Å². The van der Waals surface area contributed by atoms with Gasteiger partial charge in [0.1, 0.15) is 12.4 Å². The van der Waals surface area contributed by atoms with Crippen molar-refractivity contribution in [2.75, 3.05) is 12.1 Å². The molecule has 4 nitrogen and oxygen atoms in total. The second-order valence-electron chi connectivity index (χ2n) is 4.11. The minimum Gasteiger partial charge on any atom is -0.489 e. The van der Waals surface area contributed by atoms with Gasteiger partial charge in [0.15, 0.2) is 6.67 Å². The molecule has 0 radical (unpaired) electrons. The van der Waals surface area contributed by atoms with Gasteiger partial charge in [0, 0.05) is 0 Å². The first-order valence-electron chi connectivity index (χ1n) is 6.15. The molecule has 0 aliphatic rings. The topological polar surface area (TPSA) is 50.4 Å². The zero-order valence-corrected chi connectivity index (χ0v) is 10.8. The number of hydrazine groups is 1. The van der Waals surface area contributed by atoms with Crippen molar-refractivity contribution in [2.45, 2.75) is 6.61 Å². The highest BCUT2D eigenvalue weighted by molar-refractivity contribution is 5.78. The average Bonchev–Trinajstić information content (AvgIpc) is 2.52. The number of ether oxygens (including phenoxy) is 1. The highest BCUT2D eigenvalue weighted by Gasteiger charge is 1.99. The third-order valence-corrected chi connectivity index (χ3v) is 2.57. The summed E-state index contributed by atoms with van der Waals surface area (Å²) in [4.78, 5) is 10.7. The summed E-state index contributed by atoms with van der Waals surface area (Å²) in [7, 11) is 0. The summed E-state index contributed by atoms with van der Waals surface area (Å²) in [6.45, 7) is -0.558. The minimum absolute atomic E-state index is 0.492. The fourth-order valence-electron chi connectivity index (χ4n) is 1.55. The SMILES string of the molecule is O=C(CF)NNc1ccc(OCc2ccccc2)cc1. The van der Waals surface area contributed by atoms with Gasteiger partial charge in [0.2, 0.25) is 0 Å². The number of rotatable bonds is 6. The molecule has 1 amide bonds. The fourth-order valence-corrected chi connectivity index (χ4v) is 1.55. The molecule has 2 rings (SSSR count). The van der Waals surface area contributed by atoms with E-state index >= 15 is 0 Å². The van der Waals surface area contributed by atoms with E-state index < -0.39 is 12.6 Å². The number of anilines is 1. The molecule has 104 valence electrons. The van der Waals surface area contributed by atoms with Gasteiger partial charge in [-0.2, -0.15) is 0 Å². The van der Waals surface area contributed by atoms with Crippen LogP contribution in [0.2, 0.25) is 0 Å². The Kier molecular flexibility index (Phi) is 4.94. The Morgan fingerprint density at radius 2 is 1.75 bits per heavy atom. The zero-order chi connectivity index (χ0) is 14.2. The summed E-state index contributed by atoms with van der Waals surface area (Å²) >= 11 is 0. The largest absolute Gasteiger partial charge is 0.489 e. The highest BCUT2D eigenvalue weighted by Crippen LogP contribution is 2.16. The monoisotopic (exact) mass is 274 g/mol. The van der Waals surface area contributed by atoms with Crippen molar-refractivity contribution in [3.63, 3.8) is 0 Å². The van der Waals surface area contributed by atoms with Crippen LogP contribution in [0.15, 0.2) is 54.6 Å². The molecule has 0 fully saturated rings. The summed E-state index contributed by atoms with van der Waals surface area (Å²) in [6.07, 6.45) is 0. The van der Waals surface area contributed by atoms with E-state index in [0.717, 1.165) is 11.3 Å². The molecular weight excluding hydrogens is 259 g/mol. The Morgan fingerprint density at radius 1 is 1.05 bits per heavy atom. The normalized spacial score (nSPS) is 9.85. The maximum absolute atomic E-state index is 11.9. The number of amides is 1. The minimum atomic E-state index is -1.05. The molecule has 0 bridgehead atoms. The molecule has 2 aromatic carbocycles. The van der Waals surface area contributed by atoms with Crippen LogP contribution < -0.4 is 15.6 Å². The number of benzene rings is 2. The Balaban J connectivity index is 1.84. The van der Waals surface area contributed by atoms with Crippen molar-refractivity contribution in [1.82, 2.24) is 5.43 Å². The van der Waals surface area contributed by atoms with E-state index in [0.29, 0.717) is 12.3 Å². The molecule has 0 spiro atoms. The van der Waals surface area contributed by atoms with Crippen molar-refractivity contribution in [1.29, 1.82) is 0 Å². The van der Waals surface area contributed by atoms with Gasteiger partial charge in [-0.1, -0.05) is 30.3 Å². The molecule has 2 N–H and O–H groups in total. The molecule has 2 aromatic rings. The summed E-state index contributed by atoms with van der Waals surface area (Å²) < 4.78 is 17.6. The summed E-state index contributed by atoms with van der Waals surface area (Å²) in [5.41, 5.74) is 6.56. The fraction of sp³-hybridized carbons (Fsp3) is 0.133. The molecule has 0 saturated heterocycles. The molecule has 5 heteroatoms. The first kappa shape index (κ1) is 13.9. The molecule has 0 aliphatic heterocycles. The van der Waals surface area contributed by atoms with E-state index in [9.17, 15) is 9.18 Å². The number of alkyl halides is 1. The third-order valence-electron chi connectivity index (χ3n) is 2.57. The van der Waals surface area contributed by atoms with Gasteiger partial charge in [0.25, 0.3) is 5.91 Å². The molecule has 0 aromatic heterocycles. The molecule has 0 atom stereocenters. The number of halogens is 1. The van der Waals surface area contributed by atoms with E-state index in [4.69, 9.17) is 4.74 Å². The molecule has 0 saturated carbocycles. The van der Waals surface area contributed by atoms with Crippen molar-refractivity contribution in [3.8, 4) is 5.75 Å².